The first kappa shape index (κ1) is 8.41. The third-order valence-corrected chi connectivity index (χ3v) is 2.31. The van der Waals surface area contributed by atoms with Crippen LogP contribution in [-0.2, 0) is 19.4 Å². The molecule has 1 aliphatic rings. The van der Waals surface area contributed by atoms with E-state index in [-0.39, 0.29) is 0 Å². The van der Waals surface area contributed by atoms with Gasteiger partial charge in [0.05, 0.1) is 0 Å². The molecular formula is C9H14N4. The third-order valence-electron chi connectivity index (χ3n) is 2.31. The Bertz CT molecular complexity index is 279. The van der Waals surface area contributed by atoms with Crippen molar-refractivity contribution >= 4 is 6.72 Å². The van der Waals surface area contributed by atoms with E-state index < -0.39 is 0 Å². The summed E-state index contributed by atoms with van der Waals surface area (Å²) in [5.74, 6) is 2.06. The molecule has 13 heavy (non-hydrogen) atoms. The van der Waals surface area contributed by atoms with Crippen LogP contribution in [0.4, 0.5) is 0 Å². The molecule has 0 atom stereocenters. The molecule has 0 amide bonds. The van der Waals surface area contributed by atoms with Gasteiger partial charge in [0.25, 0.3) is 0 Å². The van der Waals surface area contributed by atoms with E-state index in [1.54, 1.807) is 0 Å². The Hall–Kier alpha value is -1.19. The lowest BCUT2D eigenvalue weighted by Gasteiger charge is -2.09. The van der Waals surface area contributed by atoms with Gasteiger partial charge in [0.2, 0.25) is 0 Å². The van der Waals surface area contributed by atoms with Gasteiger partial charge in [0.1, 0.15) is 5.82 Å². The molecule has 0 fully saturated rings. The first-order valence-corrected chi connectivity index (χ1v) is 4.75. The fourth-order valence-electron chi connectivity index (χ4n) is 1.62. The van der Waals surface area contributed by atoms with Gasteiger partial charge in [0, 0.05) is 25.9 Å². The maximum absolute atomic E-state index is 4.45. The van der Waals surface area contributed by atoms with E-state index in [0.717, 1.165) is 37.6 Å². The molecule has 2 heterocycles. The van der Waals surface area contributed by atoms with Crippen molar-refractivity contribution in [2.24, 2.45) is 4.99 Å². The smallest absolute Gasteiger partial charge is 0.152 e. The molecule has 0 bridgehead atoms. The predicted octanol–water partition coefficient (Wildman–Crippen LogP) is 0.857. The fourth-order valence-corrected chi connectivity index (χ4v) is 1.62. The molecule has 4 nitrogen and oxygen atoms in total. The summed E-state index contributed by atoms with van der Waals surface area (Å²) in [4.78, 5) is 8.25. The van der Waals surface area contributed by atoms with E-state index in [1.165, 1.54) is 12.8 Å². The van der Waals surface area contributed by atoms with Crippen molar-refractivity contribution in [2.75, 3.05) is 6.54 Å². The molecule has 0 unspecified atom stereocenters. The van der Waals surface area contributed by atoms with Gasteiger partial charge in [-0.25, -0.2) is 9.67 Å². The van der Waals surface area contributed by atoms with Crippen LogP contribution in [0.1, 0.15) is 24.5 Å². The highest BCUT2D eigenvalue weighted by molar-refractivity contribution is 5.23. The van der Waals surface area contributed by atoms with Crippen LogP contribution in [0, 0.1) is 0 Å². The Labute approximate surface area is 77.7 Å². The molecule has 1 aliphatic heterocycles. The Morgan fingerprint density at radius 3 is 3.15 bits per heavy atom. The van der Waals surface area contributed by atoms with Crippen molar-refractivity contribution in [3.63, 3.8) is 0 Å². The van der Waals surface area contributed by atoms with Gasteiger partial charge in [-0.15, -0.1) is 0 Å². The number of hydrogen-bond donors (Lipinski definition) is 0. The molecule has 70 valence electrons. The zero-order chi connectivity index (χ0) is 9.10. The summed E-state index contributed by atoms with van der Waals surface area (Å²) in [5.41, 5.74) is 0. The average Bonchev–Trinajstić information content (AvgIpc) is 2.57. The number of nitrogens with zero attached hydrogens (tertiary/aromatic N) is 4. The summed E-state index contributed by atoms with van der Waals surface area (Å²) in [5, 5.41) is 4.41. The maximum atomic E-state index is 4.45. The van der Waals surface area contributed by atoms with Crippen LogP contribution in [0.3, 0.4) is 0 Å². The maximum Gasteiger partial charge on any atom is 0.152 e. The summed E-state index contributed by atoms with van der Waals surface area (Å²) in [7, 11) is 0. The summed E-state index contributed by atoms with van der Waals surface area (Å²) in [6, 6.07) is 0. The lowest BCUT2D eigenvalue weighted by Crippen LogP contribution is -2.11. The van der Waals surface area contributed by atoms with Crippen LogP contribution in [-0.4, -0.2) is 28.0 Å². The van der Waals surface area contributed by atoms with Crippen molar-refractivity contribution < 1.29 is 0 Å². The zero-order valence-electron chi connectivity index (χ0n) is 7.74. The number of rotatable bonds is 3. The first-order valence-electron chi connectivity index (χ1n) is 4.75. The molecular weight excluding hydrogens is 164 g/mol. The van der Waals surface area contributed by atoms with E-state index in [1.807, 2.05) is 4.68 Å². The minimum Gasteiger partial charge on any atom is -0.300 e. The molecule has 0 aliphatic carbocycles. The average molecular weight is 178 g/mol. The van der Waals surface area contributed by atoms with Gasteiger partial charge in [-0.1, -0.05) is 0 Å². The van der Waals surface area contributed by atoms with E-state index in [4.69, 9.17) is 0 Å². The minimum atomic E-state index is 0.726. The van der Waals surface area contributed by atoms with Crippen LogP contribution in [0.25, 0.3) is 0 Å². The van der Waals surface area contributed by atoms with Gasteiger partial charge in [-0.3, -0.25) is 0 Å². The van der Waals surface area contributed by atoms with Crippen molar-refractivity contribution in [3.05, 3.63) is 11.6 Å². The van der Waals surface area contributed by atoms with Crippen LogP contribution >= 0.6 is 0 Å². The Kier molecular flexibility index (Phi) is 2.38. The third kappa shape index (κ3) is 1.76. The van der Waals surface area contributed by atoms with E-state index >= 15 is 0 Å². The van der Waals surface area contributed by atoms with Gasteiger partial charge >= 0.3 is 0 Å². The molecule has 0 aromatic carbocycles. The fraction of sp³-hybridized carbons (Fsp3) is 0.667. The highest BCUT2D eigenvalue weighted by Gasteiger charge is 2.12. The predicted molar refractivity (Wildman–Crippen MR) is 51.1 cm³/mol. The van der Waals surface area contributed by atoms with Crippen LogP contribution in [0.2, 0.25) is 0 Å². The topological polar surface area (TPSA) is 43.1 Å². The SMILES string of the molecule is C=NCCc1nc2n(n1)CCCC2. The van der Waals surface area contributed by atoms with Crippen molar-refractivity contribution in [3.8, 4) is 0 Å². The molecule has 0 saturated heterocycles. The summed E-state index contributed by atoms with van der Waals surface area (Å²) in [6.07, 6.45) is 4.38. The second-order valence-electron chi connectivity index (χ2n) is 3.32. The normalized spacial score (nSPS) is 15.4. The first-order chi connectivity index (χ1) is 6.40. The zero-order valence-corrected chi connectivity index (χ0v) is 7.74. The standard InChI is InChI=1S/C9H14N4/c1-10-6-5-8-11-9-4-2-3-7-13(9)12-8/h1-7H2. The van der Waals surface area contributed by atoms with E-state index in [9.17, 15) is 0 Å². The summed E-state index contributed by atoms with van der Waals surface area (Å²) in [6.45, 7) is 5.20. The second-order valence-corrected chi connectivity index (χ2v) is 3.32. The molecule has 0 saturated carbocycles. The molecule has 1 aromatic heterocycles. The quantitative estimate of drug-likeness (QED) is 0.644. The lowest BCUT2D eigenvalue weighted by atomic mass is 10.2. The number of aryl methyl sites for hydroxylation is 2. The van der Waals surface area contributed by atoms with Gasteiger partial charge < -0.3 is 4.99 Å². The van der Waals surface area contributed by atoms with E-state index in [0.29, 0.717) is 0 Å². The summed E-state index contributed by atoms with van der Waals surface area (Å²) < 4.78 is 2.03. The number of aliphatic imine (C=N–C) groups is 1. The minimum absolute atomic E-state index is 0.726. The van der Waals surface area contributed by atoms with Crippen molar-refractivity contribution in [2.45, 2.75) is 32.2 Å². The van der Waals surface area contributed by atoms with Crippen molar-refractivity contribution in [1.82, 2.24) is 14.8 Å². The lowest BCUT2D eigenvalue weighted by molar-refractivity contribution is 0.478. The van der Waals surface area contributed by atoms with Crippen LogP contribution in [0.15, 0.2) is 4.99 Å². The van der Waals surface area contributed by atoms with Gasteiger partial charge in [-0.2, -0.15) is 5.10 Å². The van der Waals surface area contributed by atoms with Gasteiger partial charge in [0.15, 0.2) is 5.82 Å². The molecule has 0 radical (unpaired) electrons. The number of fused-ring (bicyclic) bond motifs is 1. The molecule has 2 rings (SSSR count). The Morgan fingerprint density at radius 2 is 2.38 bits per heavy atom. The number of hydrogen-bond acceptors (Lipinski definition) is 3. The Morgan fingerprint density at radius 1 is 1.46 bits per heavy atom. The van der Waals surface area contributed by atoms with Crippen molar-refractivity contribution in [1.29, 1.82) is 0 Å². The molecule has 0 spiro atoms. The monoisotopic (exact) mass is 178 g/mol. The number of aromatic nitrogens is 3. The highest BCUT2D eigenvalue weighted by Crippen LogP contribution is 2.11. The largest absolute Gasteiger partial charge is 0.300 e. The van der Waals surface area contributed by atoms with Crippen LogP contribution < -0.4 is 0 Å². The van der Waals surface area contributed by atoms with Gasteiger partial charge in [-0.05, 0) is 19.6 Å². The molecule has 4 heteroatoms. The Balaban J connectivity index is 2.11. The van der Waals surface area contributed by atoms with Crippen LogP contribution in [0.5, 0.6) is 0 Å². The van der Waals surface area contributed by atoms with E-state index in [2.05, 4.69) is 21.8 Å². The second kappa shape index (κ2) is 3.68. The summed E-state index contributed by atoms with van der Waals surface area (Å²) >= 11 is 0. The molecule has 0 N–H and O–H groups in total. The molecule has 1 aromatic rings. The highest BCUT2D eigenvalue weighted by atomic mass is 15.3.